The molecular weight excluding hydrogens is 244 g/mol. The molecule has 2 N–H and O–H groups in total. The Hall–Kier alpha value is -0.540. The van der Waals surface area contributed by atoms with Crippen molar-refractivity contribution in [3.05, 3.63) is 27.2 Å². The minimum Gasteiger partial charge on any atom is -0.507 e. The molecular formula is C11H15BrO2. The molecule has 78 valence electrons. The Kier molecular flexibility index (Phi) is 2.93. The summed E-state index contributed by atoms with van der Waals surface area (Å²) in [5.41, 5.74) is 1.76. The number of rotatable bonds is 1. The molecule has 2 nitrogen and oxygen atoms in total. The second-order valence-electron chi connectivity index (χ2n) is 4.09. The van der Waals surface area contributed by atoms with Crippen LogP contribution in [-0.4, -0.2) is 10.2 Å². The molecule has 0 aromatic heterocycles. The lowest BCUT2D eigenvalue weighted by molar-refractivity contribution is 0.0771. The highest BCUT2D eigenvalue weighted by atomic mass is 79.9. The summed E-state index contributed by atoms with van der Waals surface area (Å²) in [6.07, 6.45) is 0. The van der Waals surface area contributed by atoms with Crippen LogP contribution in [0.25, 0.3) is 0 Å². The van der Waals surface area contributed by atoms with E-state index in [1.807, 2.05) is 13.8 Å². The van der Waals surface area contributed by atoms with E-state index in [0.29, 0.717) is 4.47 Å². The topological polar surface area (TPSA) is 40.5 Å². The predicted octanol–water partition coefficient (Wildman–Crippen LogP) is 3.00. The highest BCUT2D eigenvalue weighted by molar-refractivity contribution is 9.10. The quantitative estimate of drug-likeness (QED) is 0.813. The molecule has 0 spiro atoms. The summed E-state index contributed by atoms with van der Waals surface area (Å²) in [6, 6.07) is 1.66. The second kappa shape index (κ2) is 3.55. The van der Waals surface area contributed by atoms with Crippen molar-refractivity contribution in [3.8, 4) is 5.75 Å². The normalized spacial score (nSPS) is 11.9. The minimum atomic E-state index is -0.885. The average molecular weight is 259 g/mol. The Labute approximate surface area is 92.7 Å². The summed E-state index contributed by atoms with van der Waals surface area (Å²) in [7, 11) is 0. The SMILES string of the molecule is Cc1cc(O)c(Br)c(C)c1C(C)(C)O. The molecule has 0 aliphatic heterocycles. The maximum atomic E-state index is 9.96. The van der Waals surface area contributed by atoms with Crippen LogP contribution in [0.4, 0.5) is 0 Å². The van der Waals surface area contributed by atoms with Gasteiger partial charge in [0.1, 0.15) is 5.75 Å². The monoisotopic (exact) mass is 258 g/mol. The third-order valence-electron chi connectivity index (χ3n) is 2.29. The Morgan fingerprint density at radius 3 is 2.21 bits per heavy atom. The first kappa shape index (κ1) is 11.5. The van der Waals surface area contributed by atoms with Crippen molar-refractivity contribution in [3.63, 3.8) is 0 Å². The highest BCUT2D eigenvalue weighted by Gasteiger charge is 2.23. The number of aliphatic hydroxyl groups is 1. The van der Waals surface area contributed by atoms with Gasteiger partial charge in [-0.05, 0) is 66.4 Å². The zero-order valence-corrected chi connectivity index (χ0v) is 10.4. The fourth-order valence-electron chi connectivity index (χ4n) is 1.88. The first-order valence-corrected chi connectivity index (χ1v) is 5.26. The molecule has 0 radical (unpaired) electrons. The Bertz CT molecular complexity index is 365. The van der Waals surface area contributed by atoms with Crippen LogP contribution in [0, 0.1) is 13.8 Å². The fourth-order valence-corrected chi connectivity index (χ4v) is 2.19. The molecule has 1 aromatic carbocycles. The summed E-state index contributed by atoms with van der Waals surface area (Å²) in [5.74, 6) is 0.216. The van der Waals surface area contributed by atoms with Gasteiger partial charge in [0.25, 0.3) is 0 Å². The number of hydrogen-bond acceptors (Lipinski definition) is 2. The molecule has 0 aliphatic rings. The Balaban J connectivity index is 3.53. The van der Waals surface area contributed by atoms with Crippen molar-refractivity contribution in [2.75, 3.05) is 0 Å². The standard InChI is InChI=1S/C11H15BrO2/c1-6-5-8(13)10(12)7(2)9(6)11(3,4)14/h5,13-14H,1-4H3. The zero-order chi connectivity index (χ0) is 11.1. The number of aryl methyl sites for hydroxylation is 1. The molecule has 0 heterocycles. The lowest BCUT2D eigenvalue weighted by Gasteiger charge is -2.24. The van der Waals surface area contributed by atoms with Crippen molar-refractivity contribution in [1.29, 1.82) is 0 Å². The fraction of sp³-hybridized carbons (Fsp3) is 0.455. The second-order valence-corrected chi connectivity index (χ2v) is 4.88. The minimum absolute atomic E-state index is 0.216. The van der Waals surface area contributed by atoms with Crippen molar-refractivity contribution < 1.29 is 10.2 Å². The van der Waals surface area contributed by atoms with Crippen molar-refractivity contribution in [1.82, 2.24) is 0 Å². The largest absolute Gasteiger partial charge is 0.507 e. The smallest absolute Gasteiger partial charge is 0.130 e. The van der Waals surface area contributed by atoms with E-state index in [4.69, 9.17) is 0 Å². The van der Waals surface area contributed by atoms with Crippen LogP contribution in [0.2, 0.25) is 0 Å². The Morgan fingerprint density at radius 1 is 1.29 bits per heavy atom. The van der Waals surface area contributed by atoms with Gasteiger partial charge in [0.2, 0.25) is 0 Å². The van der Waals surface area contributed by atoms with E-state index in [-0.39, 0.29) is 5.75 Å². The molecule has 0 saturated carbocycles. The summed E-state index contributed by atoms with van der Waals surface area (Å²) in [4.78, 5) is 0. The van der Waals surface area contributed by atoms with E-state index in [9.17, 15) is 10.2 Å². The molecule has 14 heavy (non-hydrogen) atoms. The maximum Gasteiger partial charge on any atom is 0.130 e. The van der Waals surface area contributed by atoms with Crippen LogP contribution >= 0.6 is 15.9 Å². The van der Waals surface area contributed by atoms with E-state index in [1.54, 1.807) is 19.9 Å². The van der Waals surface area contributed by atoms with Crippen LogP contribution in [0.3, 0.4) is 0 Å². The van der Waals surface area contributed by atoms with Crippen LogP contribution in [0.5, 0.6) is 5.75 Å². The number of benzene rings is 1. The molecule has 0 unspecified atom stereocenters. The number of halogens is 1. The first-order valence-electron chi connectivity index (χ1n) is 4.46. The molecule has 3 heteroatoms. The van der Waals surface area contributed by atoms with E-state index in [1.165, 1.54) is 0 Å². The van der Waals surface area contributed by atoms with Crippen molar-refractivity contribution in [2.45, 2.75) is 33.3 Å². The molecule has 0 fully saturated rings. The van der Waals surface area contributed by atoms with E-state index in [2.05, 4.69) is 15.9 Å². The van der Waals surface area contributed by atoms with Gasteiger partial charge in [-0.25, -0.2) is 0 Å². The molecule has 1 rings (SSSR count). The lowest BCUT2D eigenvalue weighted by Crippen LogP contribution is -2.19. The molecule has 0 aliphatic carbocycles. The average Bonchev–Trinajstić information content (AvgIpc) is 1.97. The summed E-state index contributed by atoms with van der Waals surface area (Å²) >= 11 is 3.30. The highest BCUT2D eigenvalue weighted by Crippen LogP contribution is 2.36. The number of phenolic OH excluding ortho intramolecular Hbond substituents is 1. The third kappa shape index (κ3) is 1.93. The van der Waals surface area contributed by atoms with Gasteiger partial charge in [0.15, 0.2) is 0 Å². The summed E-state index contributed by atoms with van der Waals surface area (Å²) < 4.78 is 0.653. The molecule has 1 aromatic rings. The lowest BCUT2D eigenvalue weighted by atomic mass is 9.89. The van der Waals surface area contributed by atoms with Crippen LogP contribution in [-0.2, 0) is 5.60 Å². The van der Waals surface area contributed by atoms with Gasteiger partial charge in [0.05, 0.1) is 10.1 Å². The van der Waals surface area contributed by atoms with Gasteiger partial charge in [-0.2, -0.15) is 0 Å². The number of hydrogen-bond donors (Lipinski definition) is 2. The molecule has 0 bridgehead atoms. The van der Waals surface area contributed by atoms with Gasteiger partial charge < -0.3 is 10.2 Å². The van der Waals surface area contributed by atoms with Crippen LogP contribution < -0.4 is 0 Å². The number of aromatic hydroxyl groups is 1. The van der Waals surface area contributed by atoms with Crippen LogP contribution in [0.15, 0.2) is 10.5 Å². The van der Waals surface area contributed by atoms with Gasteiger partial charge in [-0.1, -0.05) is 0 Å². The van der Waals surface area contributed by atoms with E-state index < -0.39 is 5.60 Å². The number of phenols is 1. The van der Waals surface area contributed by atoms with Crippen LogP contribution in [0.1, 0.15) is 30.5 Å². The van der Waals surface area contributed by atoms with Gasteiger partial charge >= 0.3 is 0 Å². The maximum absolute atomic E-state index is 9.96. The van der Waals surface area contributed by atoms with E-state index in [0.717, 1.165) is 16.7 Å². The molecule has 0 saturated heterocycles. The van der Waals surface area contributed by atoms with Gasteiger partial charge in [0, 0.05) is 0 Å². The third-order valence-corrected chi connectivity index (χ3v) is 3.29. The first-order chi connectivity index (χ1) is 6.25. The van der Waals surface area contributed by atoms with Crippen molar-refractivity contribution >= 4 is 15.9 Å². The van der Waals surface area contributed by atoms with Crippen molar-refractivity contribution in [2.24, 2.45) is 0 Å². The molecule has 0 atom stereocenters. The molecule has 0 amide bonds. The summed E-state index contributed by atoms with van der Waals surface area (Å²) in [6.45, 7) is 7.24. The van der Waals surface area contributed by atoms with Gasteiger partial charge in [-0.15, -0.1) is 0 Å². The van der Waals surface area contributed by atoms with E-state index >= 15 is 0 Å². The predicted molar refractivity (Wildman–Crippen MR) is 60.5 cm³/mol. The zero-order valence-electron chi connectivity index (χ0n) is 8.85. The Morgan fingerprint density at radius 2 is 1.79 bits per heavy atom. The summed E-state index contributed by atoms with van der Waals surface area (Å²) in [5, 5.41) is 19.5. The van der Waals surface area contributed by atoms with Gasteiger partial charge in [-0.3, -0.25) is 0 Å².